The van der Waals surface area contributed by atoms with Crippen LogP contribution >= 0.6 is 22.9 Å². The Hall–Kier alpha value is -1.90. The van der Waals surface area contributed by atoms with Crippen molar-refractivity contribution in [1.82, 2.24) is 14.9 Å². The smallest absolute Gasteiger partial charge is 0.264 e. The molecule has 2 aliphatic rings. The van der Waals surface area contributed by atoms with Crippen molar-refractivity contribution in [3.8, 4) is 0 Å². The molecular weight excluding hydrogens is 374 g/mol. The van der Waals surface area contributed by atoms with E-state index >= 15 is 0 Å². The molecular formula is C17H20ClN5O2S. The molecule has 2 aliphatic heterocycles. The van der Waals surface area contributed by atoms with Gasteiger partial charge in [0, 0.05) is 45.5 Å². The maximum absolute atomic E-state index is 12.5. The Bertz CT molecular complexity index is 772. The van der Waals surface area contributed by atoms with Crippen LogP contribution in [0.5, 0.6) is 0 Å². The van der Waals surface area contributed by atoms with Crippen LogP contribution in [0.3, 0.4) is 0 Å². The number of carbonyl (C=O) groups is 1. The number of nitrogens with zero attached hydrogens (tertiary/aromatic N) is 5. The van der Waals surface area contributed by atoms with Crippen molar-refractivity contribution in [3.63, 3.8) is 0 Å². The summed E-state index contributed by atoms with van der Waals surface area (Å²) in [5, 5.41) is 0. The lowest BCUT2D eigenvalue weighted by Crippen LogP contribution is -2.49. The second-order valence-electron chi connectivity index (χ2n) is 6.20. The summed E-state index contributed by atoms with van der Waals surface area (Å²) < 4.78 is 6.03. The van der Waals surface area contributed by atoms with Crippen LogP contribution in [0.1, 0.15) is 9.67 Å². The number of piperazine rings is 1. The highest BCUT2D eigenvalue weighted by Gasteiger charge is 2.24. The summed E-state index contributed by atoms with van der Waals surface area (Å²) in [6.07, 6.45) is 1.80. The van der Waals surface area contributed by atoms with Gasteiger partial charge in [-0.15, -0.1) is 11.3 Å². The molecule has 0 aliphatic carbocycles. The Morgan fingerprint density at radius 1 is 1.04 bits per heavy atom. The van der Waals surface area contributed by atoms with E-state index < -0.39 is 0 Å². The number of aromatic nitrogens is 2. The van der Waals surface area contributed by atoms with Gasteiger partial charge in [0.05, 0.1) is 22.4 Å². The Labute approximate surface area is 161 Å². The minimum absolute atomic E-state index is 0.0539. The molecule has 7 nitrogen and oxygen atoms in total. The first-order valence-electron chi connectivity index (χ1n) is 8.66. The van der Waals surface area contributed by atoms with Crippen molar-refractivity contribution >= 4 is 40.6 Å². The standard InChI is InChI=1S/C17H20ClN5O2S/c18-14-2-1-13(26-14)16(24)22-7-5-21(6-8-22)15-3-4-19-17(20-15)23-9-11-25-12-10-23/h1-4H,5-12H2. The Morgan fingerprint density at radius 2 is 1.81 bits per heavy atom. The lowest BCUT2D eigenvalue weighted by molar-refractivity contribution is 0.0751. The van der Waals surface area contributed by atoms with Gasteiger partial charge in [-0.05, 0) is 18.2 Å². The van der Waals surface area contributed by atoms with Crippen LogP contribution in [0.15, 0.2) is 24.4 Å². The molecule has 2 fully saturated rings. The van der Waals surface area contributed by atoms with Crippen molar-refractivity contribution in [2.24, 2.45) is 0 Å². The second-order valence-corrected chi connectivity index (χ2v) is 7.91. The van der Waals surface area contributed by atoms with E-state index in [1.165, 1.54) is 11.3 Å². The van der Waals surface area contributed by atoms with Gasteiger partial charge in [-0.2, -0.15) is 4.98 Å². The minimum Gasteiger partial charge on any atom is -0.378 e. The lowest BCUT2D eigenvalue weighted by Gasteiger charge is -2.35. The molecule has 4 rings (SSSR count). The summed E-state index contributed by atoms with van der Waals surface area (Å²) in [7, 11) is 0. The zero-order valence-electron chi connectivity index (χ0n) is 14.3. The monoisotopic (exact) mass is 393 g/mol. The van der Waals surface area contributed by atoms with Crippen LogP contribution in [-0.4, -0.2) is 73.3 Å². The molecule has 0 aromatic carbocycles. The molecule has 0 radical (unpaired) electrons. The molecule has 0 atom stereocenters. The lowest BCUT2D eigenvalue weighted by atomic mass is 10.3. The first-order valence-corrected chi connectivity index (χ1v) is 9.85. The predicted octanol–water partition coefficient (Wildman–Crippen LogP) is 1.99. The number of carbonyl (C=O) groups excluding carboxylic acids is 1. The highest BCUT2D eigenvalue weighted by molar-refractivity contribution is 7.17. The Balaban J connectivity index is 1.39. The van der Waals surface area contributed by atoms with Crippen molar-refractivity contribution in [3.05, 3.63) is 33.6 Å². The maximum atomic E-state index is 12.5. The number of hydrogen-bond acceptors (Lipinski definition) is 7. The number of amides is 1. The fraction of sp³-hybridized carbons (Fsp3) is 0.471. The topological polar surface area (TPSA) is 61.8 Å². The van der Waals surface area contributed by atoms with Gasteiger partial charge < -0.3 is 19.4 Å². The molecule has 0 spiro atoms. The van der Waals surface area contributed by atoms with Crippen LogP contribution in [0, 0.1) is 0 Å². The summed E-state index contributed by atoms with van der Waals surface area (Å²) in [6, 6.07) is 5.49. The second kappa shape index (κ2) is 7.77. The fourth-order valence-electron chi connectivity index (χ4n) is 3.15. The van der Waals surface area contributed by atoms with E-state index in [4.69, 9.17) is 21.3 Å². The molecule has 0 unspecified atom stereocenters. The van der Waals surface area contributed by atoms with Crippen LogP contribution in [0.25, 0.3) is 0 Å². The molecule has 2 aromatic rings. The van der Waals surface area contributed by atoms with Gasteiger partial charge in [0.2, 0.25) is 5.95 Å². The average molecular weight is 394 g/mol. The number of thiophene rings is 1. The number of morpholine rings is 1. The Morgan fingerprint density at radius 3 is 2.50 bits per heavy atom. The first kappa shape index (κ1) is 17.5. The van der Waals surface area contributed by atoms with Crippen LogP contribution in [-0.2, 0) is 4.74 Å². The predicted molar refractivity (Wildman–Crippen MR) is 103 cm³/mol. The quantitative estimate of drug-likeness (QED) is 0.794. The zero-order valence-corrected chi connectivity index (χ0v) is 15.9. The molecule has 138 valence electrons. The molecule has 26 heavy (non-hydrogen) atoms. The minimum atomic E-state index is 0.0539. The molecule has 2 aromatic heterocycles. The molecule has 0 N–H and O–H groups in total. The number of hydrogen-bond donors (Lipinski definition) is 0. The van der Waals surface area contributed by atoms with Gasteiger partial charge in [0.25, 0.3) is 5.91 Å². The normalized spacial score (nSPS) is 18.3. The van der Waals surface area contributed by atoms with Crippen LogP contribution in [0.4, 0.5) is 11.8 Å². The summed E-state index contributed by atoms with van der Waals surface area (Å²) in [6.45, 7) is 5.90. The fourth-order valence-corrected chi connectivity index (χ4v) is 4.17. The summed E-state index contributed by atoms with van der Waals surface area (Å²) in [5.74, 6) is 1.71. The van der Waals surface area contributed by atoms with Gasteiger partial charge >= 0.3 is 0 Å². The zero-order chi connectivity index (χ0) is 17.9. The SMILES string of the molecule is O=C(c1ccc(Cl)s1)N1CCN(c2ccnc(N3CCOCC3)n2)CC1. The van der Waals surface area contributed by atoms with E-state index in [0.29, 0.717) is 35.5 Å². The van der Waals surface area contributed by atoms with E-state index in [9.17, 15) is 4.79 Å². The number of halogens is 1. The van der Waals surface area contributed by atoms with E-state index in [0.717, 1.165) is 37.9 Å². The molecule has 9 heteroatoms. The van der Waals surface area contributed by atoms with E-state index in [2.05, 4.69) is 14.8 Å². The molecule has 0 saturated carbocycles. The van der Waals surface area contributed by atoms with Crippen LogP contribution in [0.2, 0.25) is 4.34 Å². The van der Waals surface area contributed by atoms with Crippen molar-refractivity contribution in [1.29, 1.82) is 0 Å². The maximum Gasteiger partial charge on any atom is 0.264 e. The number of ether oxygens (including phenoxy) is 1. The van der Waals surface area contributed by atoms with E-state index in [1.807, 2.05) is 11.0 Å². The summed E-state index contributed by atoms with van der Waals surface area (Å²) >= 11 is 7.27. The molecule has 0 bridgehead atoms. The van der Waals surface area contributed by atoms with E-state index in [-0.39, 0.29) is 5.91 Å². The van der Waals surface area contributed by atoms with E-state index in [1.54, 1.807) is 18.3 Å². The van der Waals surface area contributed by atoms with Gasteiger partial charge in [0.1, 0.15) is 5.82 Å². The van der Waals surface area contributed by atoms with Gasteiger partial charge in [-0.3, -0.25) is 4.79 Å². The third kappa shape index (κ3) is 3.77. The summed E-state index contributed by atoms with van der Waals surface area (Å²) in [4.78, 5) is 28.6. The average Bonchev–Trinajstić information content (AvgIpc) is 3.15. The van der Waals surface area contributed by atoms with Crippen LogP contribution < -0.4 is 9.80 Å². The molecule has 1 amide bonds. The van der Waals surface area contributed by atoms with Crippen molar-refractivity contribution < 1.29 is 9.53 Å². The van der Waals surface area contributed by atoms with Gasteiger partial charge in [0.15, 0.2) is 0 Å². The Kier molecular flexibility index (Phi) is 5.23. The third-order valence-electron chi connectivity index (χ3n) is 4.60. The van der Waals surface area contributed by atoms with Crippen molar-refractivity contribution in [2.75, 3.05) is 62.3 Å². The molecule has 4 heterocycles. The number of anilines is 2. The van der Waals surface area contributed by atoms with Crippen molar-refractivity contribution in [2.45, 2.75) is 0 Å². The largest absolute Gasteiger partial charge is 0.378 e. The third-order valence-corrected chi connectivity index (χ3v) is 5.82. The number of rotatable bonds is 3. The van der Waals surface area contributed by atoms with Gasteiger partial charge in [-0.25, -0.2) is 4.98 Å². The first-order chi connectivity index (χ1) is 12.7. The molecule has 2 saturated heterocycles. The highest BCUT2D eigenvalue weighted by Crippen LogP contribution is 2.24. The summed E-state index contributed by atoms with van der Waals surface area (Å²) in [5.41, 5.74) is 0. The van der Waals surface area contributed by atoms with Gasteiger partial charge in [-0.1, -0.05) is 11.6 Å². The highest BCUT2D eigenvalue weighted by atomic mass is 35.5.